The van der Waals surface area contributed by atoms with Crippen molar-refractivity contribution in [2.75, 3.05) is 14.2 Å². The molecule has 0 amide bonds. The highest BCUT2D eigenvalue weighted by atomic mass is 16.5. The molecule has 112 valence electrons. The molecular formula is C20H20O2. The topological polar surface area (TPSA) is 18.5 Å². The summed E-state index contributed by atoms with van der Waals surface area (Å²) >= 11 is 0. The zero-order valence-corrected chi connectivity index (χ0v) is 13.0. The van der Waals surface area contributed by atoms with Crippen LogP contribution in [0.4, 0.5) is 0 Å². The molecule has 2 aromatic carbocycles. The second-order valence-corrected chi connectivity index (χ2v) is 6.11. The van der Waals surface area contributed by atoms with Crippen LogP contribution in [0.3, 0.4) is 0 Å². The van der Waals surface area contributed by atoms with Crippen molar-refractivity contribution in [3.8, 4) is 11.5 Å². The summed E-state index contributed by atoms with van der Waals surface area (Å²) in [5.74, 6) is 3.15. The van der Waals surface area contributed by atoms with E-state index in [4.69, 9.17) is 9.47 Å². The minimum Gasteiger partial charge on any atom is -0.497 e. The lowest BCUT2D eigenvalue weighted by atomic mass is 10.1. The van der Waals surface area contributed by atoms with Crippen LogP contribution in [-0.4, -0.2) is 14.2 Å². The van der Waals surface area contributed by atoms with Crippen molar-refractivity contribution < 1.29 is 9.47 Å². The first kappa shape index (κ1) is 13.4. The second kappa shape index (κ2) is 5.20. The zero-order chi connectivity index (χ0) is 15.1. The fourth-order valence-corrected chi connectivity index (χ4v) is 3.34. The summed E-state index contributed by atoms with van der Waals surface area (Å²) < 4.78 is 10.5. The predicted molar refractivity (Wildman–Crippen MR) is 87.7 cm³/mol. The summed E-state index contributed by atoms with van der Waals surface area (Å²) in [6, 6.07) is 17.0. The molecule has 0 radical (unpaired) electrons. The van der Waals surface area contributed by atoms with Gasteiger partial charge in [0.2, 0.25) is 0 Å². The molecule has 0 aliphatic heterocycles. The molecule has 0 bridgehead atoms. The van der Waals surface area contributed by atoms with Crippen LogP contribution in [0, 0.1) is 0 Å². The van der Waals surface area contributed by atoms with Gasteiger partial charge in [0.05, 0.1) is 14.2 Å². The van der Waals surface area contributed by atoms with Crippen LogP contribution in [0.25, 0.3) is 0 Å². The molecule has 2 heteroatoms. The minimum absolute atomic E-state index is 0.643. The Kier molecular flexibility index (Phi) is 3.18. The fraction of sp³-hybridized carbons (Fsp3) is 0.300. The maximum atomic E-state index is 5.23. The van der Waals surface area contributed by atoms with Gasteiger partial charge in [0.15, 0.2) is 0 Å². The third kappa shape index (κ3) is 2.39. The number of hydrogen-bond acceptors (Lipinski definition) is 2. The maximum Gasteiger partial charge on any atom is 0.118 e. The van der Waals surface area contributed by atoms with Crippen LogP contribution in [0.2, 0.25) is 0 Å². The van der Waals surface area contributed by atoms with Crippen LogP contribution < -0.4 is 9.47 Å². The Morgan fingerprint density at radius 3 is 1.32 bits per heavy atom. The SMILES string of the molecule is COc1ccc(C2C/C2=C2\CC2c2ccc(OC)cc2)cc1. The Morgan fingerprint density at radius 2 is 1.00 bits per heavy atom. The third-order valence-electron chi connectivity index (χ3n) is 4.82. The van der Waals surface area contributed by atoms with Crippen molar-refractivity contribution in [3.63, 3.8) is 0 Å². The van der Waals surface area contributed by atoms with Crippen molar-refractivity contribution in [2.24, 2.45) is 0 Å². The highest BCUT2D eigenvalue weighted by Gasteiger charge is 2.43. The van der Waals surface area contributed by atoms with E-state index in [1.807, 2.05) is 0 Å². The lowest BCUT2D eigenvalue weighted by Crippen LogP contribution is -1.84. The van der Waals surface area contributed by atoms with E-state index in [0.29, 0.717) is 11.8 Å². The predicted octanol–water partition coefficient (Wildman–Crippen LogP) is 4.68. The van der Waals surface area contributed by atoms with Crippen LogP contribution in [0.15, 0.2) is 59.7 Å². The van der Waals surface area contributed by atoms with Gasteiger partial charge in [-0.1, -0.05) is 35.4 Å². The fourth-order valence-electron chi connectivity index (χ4n) is 3.34. The van der Waals surface area contributed by atoms with E-state index in [1.54, 1.807) is 25.4 Å². The van der Waals surface area contributed by atoms with E-state index in [-0.39, 0.29) is 0 Å². The molecule has 2 aromatic rings. The Bertz CT molecular complexity index is 647. The zero-order valence-electron chi connectivity index (χ0n) is 13.0. The first-order chi connectivity index (χ1) is 10.8. The second-order valence-electron chi connectivity index (χ2n) is 6.11. The van der Waals surface area contributed by atoms with E-state index < -0.39 is 0 Å². The molecule has 2 nitrogen and oxygen atoms in total. The van der Waals surface area contributed by atoms with Crippen LogP contribution >= 0.6 is 0 Å². The first-order valence-corrected chi connectivity index (χ1v) is 7.80. The highest BCUT2D eigenvalue weighted by Crippen LogP contribution is 2.60. The summed E-state index contributed by atoms with van der Waals surface area (Å²) in [7, 11) is 3.42. The largest absolute Gasteiger partial charge is 0.497 e. The van der Waals surface area contributed by atoms with Crippen molar-refractivity contribution in [1.29, 1.82) is 0 Å². The van der Waals surface area contributed by atoms with Crippen molar-refractivity contribution in [1.82, 2.24) is 0 Å². The van der Waals surface area contributed by atoms with Gasteiger partial charge in [-0.15, -0.1) is 0 Å². The number of rotatable bonds is 4. The van der Waals surface area contributed by atoms with E-state index in [1.165, 1.54) is 24.0 Å². The molecule has 22 heavy (non-hydrogen) atoms. The summed E-state index contributed by atoms with van der Waals surface area (Å²) in [4.78, 5) is 0. The van der Waals surface area contributed by atoms with Crippen molar-refractivity contribution in [3.05, 3.63) is 70.8 Å². The van der Waals surface area contributed by atoms with Gasteiger partial charge < -0.3 is 9.47 Å². The van der Waals surface area contributed by atoms with Gasteiger partial charge in [-0.25, -0.2) is 0 Å². The molecule has 0 heterocycles. The lowest BCUT2D eigenvalue weighted by molar-refractivity contribution is 0.414. The summed E-state index contributed by atoms with van der Waals surface area (Å²) in [5, 5.41) is 0. The lowest BCUT2D eigenvalue weighted by Gasteiger charge is -2.01. The normalized spacial score (nSPS) is 25.7. The Balaban J connectivity index is 1.48. The van der Waals surface area contributed by atoms with Crippen molar-refractivity contribution in [2.45, 2.75) is 24.7 Å². The first-order valence-electron chi connectivity index (χ1n) is 7.80. The third-order valence-corrected chi connectivity index (χ3v) is 4.82. The molecule has 2 saturated carbocycles. The molecule has 2 unspecified atom stereocenters. The smallest absolute Gasteiger partial charge is 0.118 e. The Morgan fingerprint density at radius 1 is 0.636 bits per heavy atom. The van der Waals surface area contributed by atoms with Crippen LogP contribution in [0.5, 0.6) is 11.5 Å². The molecule has 2 aliphatic rings. The van der Waals surface area contributed by atoms with Gasteiger partial charge >= 0.3 is 0 Å². The van der Waals surface area contributed by atoms with Gasteiger partial charge in [0, 0.05) is 11.8 Å². The van der Waals surface area contributed by atoms with E-state index >= 15 is 0 Å². The minimum atomic E-state index is 0.643. The quantitative estimate of drug-likeness (QED) is 0.762. The molecule has 0 spiro atoms. The van der Waals surface area contributed by atoms with Gasteiger partial charge in [0.1, 0.15) is 11.5 Å². The Hall–Kier alpha value is -2.22. The average Bonchev–Trinajstić information content (AvgIpc) is 3.47. The molecule has 2 aliphatic carbocycles. The molecular weight excluding hydrogens is 272 g/mol. The molecule has 2 atom stereocenters. The number of benzene rings is 2. The highest BCUT2D eigenvalue weighted by molar-refractivity contribution is 5.54. The van der Waals surface area contributed by atoms with E-state index in [9.17, 15) is 0 Å². The number of allylic oxidation sites excluding steroid dienone is 2. The molecule has 0 saturated heterocycles. The maximum absolute atomic E-state index is 5.23. The summed E-state index contributed by atoms with van der Waals surface area (Å²) in [6.07, 6.45) is 2.46. The summed E-state index contributed by atoms with van der Waals surface area (Å²) in [6.45, 7) is 0. The van der Waals surface area contributed by atoms with Gasteiger partial charge in [-0.2, -0.15) is 0 Å². The van der Waals surface area contributed by atoms with E-state index in [0.717, 1.165) is 11.5 Å². The van der Waals surface area contributed by atoms with Crippen molar-refractivity contribution >= 4 is 0 Å². The molecule has 0 N–H and O–H groups in total. The van der Waals surface area contributed by atoms with Crippen LogP contribution in [-0.2, 0) is 0 Å². The number of hydrogen-bond donors (Lipinski definition) is 0. The van der Waals surface area contributed by atoms with Gasteiger partial charge in [-0.3, -0.25) is 0 Å². The summed E-state index contributed by atoms with van der Waals surface area (Å²) in [5.41, 5.74) is 6.16. The Labute approximate surface area is 131 Å². The number of ether oxygens (including phenoxy) is 2. The average molecular weight is 292 g/mol. The molecule has 4 rings (SSSR count). The standard InChI is InChI=1S/C20H20O2/c1-21-15-7-3-13(4-8-15)17-11-19(17)20-12-18(20)14-5-9-16(22-2)10-6-14/h3-10,17-18H,11-12H2,1-2H3/b20-19-. The molecule has 2 fully saturated rings. The monoisotopic (exact) mass is 292 g/mol. The van der Waals surface area contributed by atoms with Gasteiger partial charge in [-0.05, 0) is 48.2 Å². The van der Waals surface area contributed by atoms with Gasteiger partial charge in [0.25, 0.3) is 0 Å². The number of methoxy groups -OCH3 is 2. The van der Waals surface area contributed by atoms with E-state index in [2.05, 4.69) is 48.5 Å². The van der Waals surface area contributed by atoms with Crippen LogP contribution in [0.1, 0.15) is 35.8 Å². The molecule has 0 aromatic heterocycles.